The number of hydrogen-bond acceptors (Lipinski definition) is 3. The molecule has 1 heterocycles. The second kappa shape index (κ2) is 7.80. The number of hydrogen-bond donors (Lipinski definition) is 1. The van der Waals surface area contributed by atoms with E-state index in [0.29, 0.717) is 11.4 Å². The molecular formula is C21H22FN3O3. The summed E-state index contributed by atoms with van der Waals surface area (Å²) in [6.07, 6.45) is -0.178. The maximum Gasteiger partial charge on any atom is 0.332 e. The van der Waals surface area contributed by atoms with E-state index >= 15 is 0 Å². The topological polar surface area (TPSA) is 69.7 Å². The zero-order chi connectivity index (χ0) is 20.4. The van der Waals surface area contributed by atoms with Gasteiger partial charge in [0.1, 0.15) is 11.9 Å². The highest BCUT2D eigenvalue weighted by Gasteiger charge is 2.47. The number of halogens is 1. The maximum absolute atomic E-state index is 13.0. The lowest BCUT2D eigenvalue weighted by atomic mass is 10.1. The van der Waals surface area contributed by atoms with Crippen LogP contribution in [0.15, 0.2) is 48.5 Å². The SMILES string of the molecule is Cc1ccc(N2C(=O)C(CC(=O)Nc3ccc(F)cc3)N(C(C)C)C2=O)cc1. The third kappa shape index (κ3) is 3.88. The lowest BCUT2D eigenvalue weighted by Gasteiger charge is -2.25. The number of nitrogens with one attached hydrogen (secondary N) is 1. The lowest BCUT2D eigenvalue weighted by molar-refractivity contribution is -0.124. The average Bonchev–Trinajstić information content (AvgIpc) is 2.88. The molecule has 0 aliphatic carbocycles. The number of benzene rings is 2. The largest absolute Gasteiger partial charge is 0.332 e. The van der Waals surface area contributed by atoms with Gasteiger partial charge in [-0.05, 0) is 57.2 Å². The van der Waals surface area contributed by atoms with Crippen LogP contribution in [0.3, 0.4) is 0 Å². The molecule has 6 nitrogen and oxygen atoms in total. The number of carbonyl (C=O) groups is 3. The molecule has 1 unspecified atom stereocenters. The van der Waals surface area contributed by atoms with Crippen molar-refractivity contribution >= 4 is 29.2 Å². The maximum atomic E-state index is 13.0. The molecular weight excluding hydrogens is 361 g/mol. The number of amides is 4. The second-order valence-corrected chi connectivity index (χ2v) is 7.07. The highest BCUT2D eigenvalue weighted by atomic mass is 19.1. The molecule has 3 rings (SSSR count). The van der Waals surface area contributed by atoms with E-state index in [1.54, 1.807) is 26.0 Å². The number of imide groups is 1. The van der Waals surface area contributed by atoms with Crippen LogP contribution >= 0.6 is 0 Å². The highest BCUT2D eigenvalue weighted by Crippen LogP contribution is 2.29. The molecule has 1 atom stereocenters. The summed E-state index contributed by atoms with van der Waals surface area (Å²) in [7, 11) is 0. The Kier molecular flexibility index (Phi) is 5.44. The zero-order valence-corrected chi connectivity index (χ0v) is 16.0. The van der Waals surface area contributed by atoms with Gasteiger partial charge in [-0.3, -0.25) is 9.59 Å². The molecule has 4 amide bonds. The Bertz CT molecular complexity index is 894. The summed E-state index contributed by atoms with van der Waals surface area (Å²) in [6.45, 7) is 5.52. The Morgan fingerprint density at radius 3 is 2.25 bits per heavy atom. The third-order valence-electron chi connectivity index (χ3n) is 4.61. The van der Waals surface area contributed by atoms with E-state index in [1.807, 2.05) is 19.1 Å². The van der Waals surface area contributed by atoms with Crippen molar-refractivity contribution in [2.45, 2.75) is 39.3 Å². The summed E-state index contributed by atoms with van der Waals surface area (Å²) in [4.78, 5) is 40.9. The number of carbonyl (C=O) groups excluding carboxylic acids is 3. The van der Waals surface area contributed by atoms with Gasteiger partial charge in [0.05, 0.1) is 12.1 Å². The fourth-order valence-electron chi connectivity index (χ4n) is 3.23. The molecule has 0 aromatic heterocycles. The molecule has 0 spiro atoms. The fourth-order valence-corrected chi connectivity index (χ4v) is 3.23. The standard InChI is InChI=1S/C21H22FN3O3/c1-13(2)24-18(12-19(26)23-16-8-6-15(22)7-9-16)20(27)25(21(24)28)17-10-4-14(3)5-11-17/h4-11,13,18H,12H2,1-3H3,(H,23,26). The van der Waals surface area contributed by atoms with E-state index in [4.69, 9.17) is 0 Å². The fraction of sp³-hybridized carbons (Fsp3) is 0.286. The van der Waals surface area contributed by atoms with E-state index in [9.17, 15) is 18.8 Å². The van der Waals surface area contributed by atoms with Gasteiger partial charge < -0.3 is 10.2 Å². The van der Waals surface area contributed by atoms with Crippen LogP contribution < -0.4 is 10.2 Å². The zero-order valence-electron chi connectivity index (χ0n) is 16.0. The molecule has 1 fully saturated rings. The van der Waals surface area contributed by atoms with Crippen LogP contribution in [-0.4, -0.2) is 34.8 Å². The molecule has 1 N–H and O–H groups in total. The van der Waals surface area contributed by atoms with Crippen LogP contribution in [0.4, 0.5) is 20.6 Å². The number of aryl methyl sites for hydroxylation is 1. The summed E-state index contributed by atoms with van der Waals surface area (Å²) in [5.74, 6) is -1.26. The van der Waals surface area contributed by atoms with E-state index in [1.165, 1.54) is 29.2 Å². The van der Waals surface area contributed by atoms with Crippen LogP contribution in [0.25, 0.3) is 0 Å². The van der Waals surface area contributed by atoms with E-state index in [-0.39, 0.29) is 12.5 Å². The highest BCUT2D eigenvalue weighted by molar-refractivity contribution is 6.22. The average molecular weight is 383 g/mol. The summed E-state index contributed by atoms with van der Waals surface area (Å²) in [5.41, 5.74) is 1.92. The van der Waals surface area contributed by atoms with Crippen molar-refractivity contribution in [3.8, 4) is 0 Å². The Hall–Kier alpha value is -3.22. The van der Waals surface area contributed by atoms with Crippen LogP contribution in [0.2, 0.25) is 0 Å². The minimum Gasteiger partial charge on any atom is -0.326 e. The molecule has 1 aliphatic rings. The number of rotatable bonds is 5. The van der Waals surface area contributed by atoms with Crippen molar-refractivity contribution < 1.29 is 18.8 Å². The molecule has 1 saturated heterocycles. The van der Waals surface area contributed by atoms with Crippen molar-refractivity contribution in [1.82, 2.24) is 4.90 Å². The van der Waals surface area contributed by atoms with Gasteiger partial charge in [-0.2, -0.15) is 0 Å². The van der Waals surface area contributed by atoms with Crippen LogP contribution in [-0.2, 0) is 9.59 Å². The van der Waals surface area contributed by atoms with E-state index < -0.39 is 29.7 Å². The van der Waals surface area contributed by atoms with Gasteiger partial charge in [-0.25, -0.2) is 14.1 Å². The van der Waals surface area contributed by atoms with Gasteiger partial charge in [0.25, 0.3) is 5.91 Å². The van der Waals surface area contributed by atoms with E-state index in [2.05, 4.69) is 5.32 Å². The molecule has 146 valence electrons. The van der Waals surface area contributed by atoms with Gasteiger partial charge in [0, 0.05) is 11.7 Å². The molecule has 0 radical (unpaired) electrons. The predicted octanol–water partition coefficient (Wildman–Crippen LogP) is 3.71. The summed E-state index contributed by atoms with van der Waals surface area (Å²) in [5, 5.41) is 2.64. The summed E-state index contributed by atoms with van der Waals surface area (Å²) < 4.78 is 13.0. The Morgan fingerprint density at radius 1 is 1.07 bits per heavy atom. The number of nitrogens with zero attached hydrogens (tertiary/aromatic N) is 2. The number of urea groups is 1. The molecule has 28 heavy (non-hydrogen) atoms. The monoisotopic (exact) mass is 383 g/mol. The van der Waals surface area contributed by atoms with Gasteiger partial charge in [0.15, 0.2) is 0 Å². The van der Waals surface area contributed by atoms with E-state index in [0.717, 1.165) is 10.5 Å². The van der Waals surface area contributed by atoms with Gasteiger partial charge in [-0.15, -0.1) is 0 Å². The molecule has 2 aromatic carbocycles. The van der Waals surface area contributed by atoms with Crippen LogP contribution in [0.5, 0.6) is 0 Å². The first-order valence-electron chi connectivity index (χ1n) is 9.06. The first-order valence-corrected chi connectivity index (χ1v) is 9.06. The minimum absolute atomic E-state index is 0.178. The van der Waals surface area contributed by atoms with Crippen molar-refractivity contribution in [1.29, 1.82) is 0 Å². The molecule has 2 aromatic rings. The quantitative estimate of drug-likeness (QED) is 0.801. The smallest absolute Gasteiger partial charge is 0.326 e. The van der Waals surface area contributed by atoms with Crippen molar-refractivity contribution in [3.05, 3.63) is 59.9 Å². The van der Waals surface area contributed by atoms with Crippen molar-refractivity contribution in [2.24, 2.45) is 0 Å². The van der Waals surface area contributed by atoms with Gasteiger partial charge in [0.2, 0.25) is 5.91 Å². The Balaban J connectivity index is 1.80. The first-order chi connectivity index (χ1) is 13.3. The van der Waals surface area contributed by atoms with Crippen molar-refractivity contribution in [3.63, 3.8) is 0 Å². The Morgan fingerprint density at radius 2 is 1.68 bits per heavy atom. The second-order valence-electron chi connectivity index (χ2n) is 7.07. The van der Waals surface area contributed by atoms with Crippen LogP contribution in [0.1, 0.15) is 25.8 Å². The molecule has 7 heteroatoms. The first kappa shape index (κ1) is 19.5. The lowest BCUT2D eigenvalue weighted by Crippen LogP contribution is -2.42. The number of anilines is 2. The summed E-state index contributed by atoms with van der Waals surface area (Å²) in [6, 6.07) is 10.8. The van der Waals surface area contributed by atoms with Crippen LogP contribution in [0, 0.1) is 12.7 Å². The van der Waals surface area contributed by atoms with Gasteiger partial charge in [-0.1, -0.05) is 17.7 Å². The summed E-state index contributed by atoms with van der Waals surface area (Å²) >= 11 is 0. The third-order valence-corrected chi connectivity index (χ3v) is 4.61. The normalized spacial score (nSPS) is 16.8. The van der Waals surface area contributed by atoms with Gasteiger partial charge >= 0.3 is 6.03 Å². The molecule has 0 bridgehead atoms. The van der Waals surface area contributed by atoms with Crippen molar-refractivity contribution in [2.75, 3.05) is 10.2 Å². The predicted molar refractivity (Wildman–Crippen MR) is 104 cm³/mol. The molecule has 0 saturated carbocycles. The minimum atomic E-state index is -0.894. The Labute approximate surface area is 162 Å². The molecule has 1 aliphatic heterocycles.